The molecule has 2 aromatic heterocycles. The SMILES string of the molecule is CCn1cc(OC(=O)Nc2ccc(Oc3ccnc4cc(OC)c(OC)cc34)cc2N(C)C)c(=O)n(-c2ccc(F)cc2)c1=O. The summed E-state index contributed by atoms with van der Waals surface area (Å²) >= 11 is 0. The van der Waals surface area contributed by atoms with E-state index in [1.807, 2.05) is 0 Å². The zero-order chi connectivity index (χ0) is 32.2. The van der Waals surface area contributed by atoms with Gasteiger partial charge in [-0.1, -0.05) is 0 Å². The molecule has 3 aromatic carbocycles. The number of amides is 1. The van der Waals surface area contributed by atoms with Crippen molar-refractivity contribution in [1.82, 2.24) is 14.1 Å². The highest BCUT2D eigenvalue weighted by Crippen LogP contribution is 2.38. The number of nitrogens with zero attached hydrogens (tertiary/aromatic N) is 4. The predicted molar refractivity (Wildman–Crippen MR) is 167 cm³/mol. The van der Waals surface area contributed by atoms with Crippen molar-refractivity contribution in [1.29, 1.82) is 0 Å². The van der Waals surface area contributed by atoms with Gasteiger partial charge in [-0.3, -0.25) is 19.7 Å². The Morgan fingerprint density at radius 1 is 0.933 bits per heavy atom. The first-order valence-electron chi connectivity index (χ1n) is 13.7. The van der Waals surface area contributed by atoms with Crippen LogP contribution in [0.5, 0.6) is 28.7 Å². The largest absolute Gasteiger partial charge is 0.493 e. The minimum absolute atomic E-state index is 0.129. The topological polar surface area (TPSA) is 126 Å². The molecule has 5 rings (SSSR count). The van der Waals surface area contributed by atoms with Crippen LogP contribution >= 0.6 is 0 Å². The van der Waals surface area contributed by atoms with Crippen molar-refractivity contribution >= 4 is 28.4 Å². The highest BCUT2D eigenvalue weighted by Gasteiger charge is 2.19. The lowest BCUT2D eigenvalue weighted by Gasteiger charge is -2.20. The van der Waals surface area contributed by atoms with E-state index in [4.69, 9.17) is 18.9 Å². The number of rotatable bonds is 9. The fourth-order valence-electron chi connectivity index (χ4n) is 4.64. The molecule has 0 saturated heterocycles. The van der Waals surface area contributed by atoms with E-state index in [1.165, 1.54) is 16.7 Å². The van der Waals surface area contributed by atoms with Crippen LogP contribution in [0.3, 0.4) is 0 Å². The quantitative estimate of drug-likeness (QED) is 0.238. The molecule has 0 bridgehead atoms. The molecule has 0 unspecified atom stereocenters. The minimum Gasteiger partial charge on any atom is -0.493 e. The Morgan fingerprint density at radius 3 is 2.31 bits per heavy atom. The molecule has 13 heteroatoms. The van der Waals surface area contributed by atoms with Gasteiger partial charge in [0.2, 0.25) is 5.75 Å². The number of carbonyl (C=O) groups is 1. The number of anilines is 2. The molecule has 1 amide bonds. The van der Waals surface area contributed by atoms with E-state index in [1.54, 1.807) is 82.7 Å². The monoisotopic (exact) mass is 615 g/mol. The maximum atomic E-state index is 13.5. The maximum Gasteiger partial charge on any atom is 0.417 e. The van der Waals surface area contributed by atoms with E-state index >= 15 is 0 Å². The van der Waals surface area contributed by atoms with Gasteiger partial charge >= 0.3 is 17.3 Å². The van der Waals surface area contributed by atoms with Crippen LogP contribution in [0.4, 0.5) is 20.6 Å². The Bertz CT molecular complexity index is 2010. The highest BCUT2D eigenvalue weighted by molar-refractivity contribution is 5.91. The van der Waals surface area contributed by atoms with Crippen LogP contribution < -0.4 is 40.4 Å². The summed E-state index contributed by atoms with van der Waals surface area (Å²) in [5.74, 6) is 1.13. The molecule has 0 aliphatic rings. The van der Waals surface area contributed by atoms with E-state index in [9.17, 15) is 18.8 Å². The van der Waals surface area contributed by atoms with Gasteiger partial charge in [0, 0.05) is 44.4 Å². The molecule has 0 spiro atoms. The first kappa shape index (κ1) is 30.6. The fourth-order valence-corrected chi connectivity index (χ4v) is 4.64. The van der Waals surface area contributed by atoms with Crippen LogP contribution in [0, 0.1) is 5.82 Å². The van der Waals surface area contributed by atoms with Crippen LogP contribution in [0.2, 0.25) is 0 Å². The first-order chi connectivity index (χ1) is 21.6. The zero-order valence-electron chi connectivity index (χ0n) is 25.2. The molecular formula is C32H30FN5O7. The van der Waals surface area contributed by atoms with Gasteiger partial charge in [0.25, 0.3) is 0 Å². The van der Waals surface area contributed by atoms with E-state index in [0.717, 1.165) is 22.9 Å². The summed E-state index contributed by atoms with van der Waals surface area (Å²) < 4.78 is 37.9. The average Bonchev–Trinajstić information content (AvgIpc) is 3.03. The van der Waals surface area contributed by atoms with Gasteiger partial charge in [-0.05, 0) is 55.5 Å². The standard InChI is InChI=1S/C32H30FN5O7/c1-6-37-18-29(30(39)38(32(37)41)20-9-7-19(33)8-10-20)45-31(40)35-23-12-11-21(15-25(23)36(2)3)44-26-13-14-34-24-17-28(43-5)27(42-4)16-22(24)26/h7-18H,6H2,1-5H3,(H,35,40). The second kappa shape index (κ2) is 12.8. The Morgan fingerprint density at radius 2 is 1.64 bits per heavy atom. The summed E-state index contributed by atoms with van der Waals surface area (Å²) in [7, 11) is 6.66. The lowest BCUT2D eigenvalue weighted by atomic mass is 10.1. The number of carbonyl (C=O) groups excluding carboxylic acids is 1. The van der Waals surface area contributed by atoms with Gasteiger partial charge in [-0.2, -0.15) is 0 Å². The molecule has 232 valence electrons. The predicted octanol–water partition coefficient (Wildman–Crippen LogP) is 5.19. The summed E-state index contributed by atoms with van der Waals surface area (Å²) in [6, 6.07) is 15.1. The zero-order valence-corrected chi connectivity index (χ0v) is 25.2. The molecular weight excluding hydrogens is 585 g/mol. The van der Waals surface area contributed by atoms with Crippen molar-refractivity contribution in [3.8, 4) is 34.4 Å². The second-order valence-corrected chi connectivity index (χ2v) is 9.90. The summed E-state index contributed by atoms with van der Waals surface area (Å²) in [6.45, 7) is 1.89. The van der Waals surface area contributed by atoms with Crippen molar-refractivity contribution in [3.63, 3.8) is 0 Å². The Labute approximate surface area is 256 Å². The molecule has 0 fully saturated rings. The molecule has 45 heavy (non-hydrogen) atoms. The van der Waals surface area contributed by atoms with Gasteiger partial charge in [-0.15, -0.1) is 0 Å². The lowest BCUT2D eigenvalue weighted by molar-refractivity contribution is 0.214. The van der Waals surface area contributed by atoms with Crippen LogP contribution in [0.25, 0.3) is 16.6 Å². The minimum atomic E-state index is -0.961. The van der Waals surface area contributed by atoms with Crippen molar-refractivity contribution in [3.05, 3.63) is 99.7 Å². The van der Waals surface area contributed by atoms with Gasteiger partial charge in [-0.25, -0.2) is 18.5 Å². The third kappa shape index (κ3) is 6.27. The van der Waals surface area contributed by atoms with Gasteiger partial charge in [0.1, 0.15) is 17.3 Å². The Hall–Kier alpha value is -5.85. The average molecular weight is 616 g/mol. The molecule has 5 aromatic rings. The van der Waals surface area contributed by atoms with Crippen molar-refractivity contribution < 1.29 is 28.1 Å². The molecule has 0 saturated carbocycles. The smallest absolute Gasteiger partial charge is 0.417 e. The summed E-state index contributed by atoms with van der Waals surface area (Å²) in [5.41, 5.74) is 0.181. The number of aryl methyl sites for hydroxylation is 1. The number of methoxy groups -OCH3 is 2. The van der Waals surface area contributed by atoms with Crippen molar-refractivity contribution in [2.45, 2.75) is 13.5 Å². The summed E-state index contributed by atoms with van der Waals surface area (Å²) in [5, 5.41) is 3.35. The van der Waals surface area contributed by atoms with Crippen molar-refractivity contribution in [2.24, 2.45) is 0 Å². The van der Waals surface area contributed by atoms with Crippen LogP contribution in [-0.2, 0) is 6.54 Å². The number of ether oxygens (including phenoxy) is 4. The van der Waals surface area contributed by atoms with E-state index in [2.05, 4.69) is 10.3 Å². The molecule has 1 N–H and O–H groups in total. The van der Waals surface area contributed by atoms with Gasteiger partial charge in [0.15, 0.2) is 11.5 Å². The molecule has 0 radical (unpaired) electrons. The van der Waals surface area contributed by atoms with Gasteiger partial charge in [0.05, 0.1) is 43.0 Å². The highest BCUT2D eigenvalue weighted by atomic mass is 19.1. The van der Waals surface area contributed by atoms with Crippen molar-refractivity contribution in [2.75, 3.05) is 38.5 Å². The number of aromatic nitrogens is 3. The number of nitrogens with one attached hydrogen (secondary N) is 1. The number of halogens is 1. The molecule has 12 nitrogen and oxygen atoms in total. The van der Waals surface area contributed by atoms with E-state index in [0.29, 0.717) is 45.3 Å². The number of pyridine rings is 1. The third-order valence-corrected chi connectivity index (χ3v) is 6.87. The number of hydrogen-bond donors (Lipinski definition) is 1. The van der Waals surface area contributed by atoms with Crippen LogP contribution in [0.15, 0.2) is 82.6 Å². The number of hydrogen-bond acceptors (Lipinski definition) is 9. The lowest BCUT2D eigenvalue weighted by Crippen LogP contribution is -2.39. The molecule has 0 aliphatic heterocycles. The molecule has 2 heterocycles. The summed E-state index contributed by atoms with van der Waals surface area (Å²) in [4.78, 5) is 45.3. The molecule has 0 atom stereocenters. The number of benzene rings is 3. The normalized spacial score (nSPS) is 10.8. The van der Waals surface area contributed by atoms with E-state index in [-0.39, 0.29) is 18.0 Å². The fraction of sp³-hybridized carbons (Fsp3) is 0.188. The van der Waals surface area contributed by atoms with Crippen LogP contribution in [-0.4, -0.2) is 48.5 Å². The molecule has 0 aliphatic carbocycles. The number of fused-ring (bicyclic) bond motifs is 1. The second-order valence-electron chi connectivity index (χ2n) is 9.90. The van der Waals surface area contributed by atoms with Crippen LogP contribution in [0.1, 0.15) is 6.92 Å². The summed E-state index contributed by atoms with van der Waals surface area (Å²) in [6.07, 6.45) is 1.82. The first-order valence-corrected chi connectivity index (χ1v) is 13.7. The van der Waals surface area contributed by atoms with E-state index < -0.39 is 23.2 Å². The third-order valence-electron chi connectivity index (χ3n) is 6.87. The Kier molecular flexibility index (Phi) is 8.70. The maximum absolute atomic E-state index is 13.5. The van der Waals surface area contributed by atoms with Gasteiger partial charge < -0.3 is 23.8 Å². The Balaban J connectivity index is 1.42.